The molecule has 3 atom stereocenters. The molecule has 234 valence electrons. The van der Waals surface area contributed by atoms with Crippen LogP contribution in [0, 0.1) is 24.6 Å². The number of ether oxygens (including phenoxy) is 1. The SMILES string of the molecule is COc1ccc(C2=NOC3CC(CO)CC23)cc1C(=O)Nc1cc2nc(C)sc2cc1C(=O)Nc1ccc(F)c(C(F)(F)F)c1. The Morgan fingerprint density at radius 1 is 1.07 bits per heavy atom. The molecular formula is C31H26F4N4O5S. The van der Waals surface area contributed by atoms with Gasteiger partial charge in [0.25, 0.3) is 11.8 Å². The van der Waals surface area contributed by atoms with E-state index in [1.54, 1.807) is 25.1 Å². The van der Waals surface area contributed by atoms with Gasteiger partial charge in [0, 0.05) is 23.8 Å². The van der Waals surface area contributed by atoms with Gasteiger partial charge in [-0.2, -0.15) is 13.2 Å². The van der Waals surface area contributed by atoms with Gasteiger partial charge >= 0.3 is 6.18 Å². The minimum atomic E-state index is -4.97. The van der Waals surface area contributed by atoms with Gasteiger partial charge in [0.15, 0.2) is 0 Å². The number of aryl methyl sites for hydroxylation is 1. The van der Waals surface area contributed by atoms with E-state index in [-0.39, 0.29) is 52.8 Å². The highest BCUT2D eigenvalue weighted by Gasteiger charge is 2.43. The summed E-state index contributed by atoms with van der Waals surface area (Å²) in [5, 5.41) is 19.7. The summed E-state index contributed by atoms with van der Waals surface area (Å²) in [6.45, 7) is 1.81. The fourth-order valence-corrected chi connectivity index (χ4v) is 6.59. The summed E-state index contributed by atoms with van der Waals surface area (Å²) >= 11 is 1.29. The first kappa shape index (κ1) is 30.5. The summed E-state index contributed by atoms with van der Waals surface area (Å²) < 4.78 is 59.7. The third kappa shape index (κ3) is 5.94. The van der Waals surface area contributed by atoms with Crippen molar-refractivity contribution in [3.05, 3.63) is 81.6 Å². The first-order valence-corrected chi connectivity index (χ1v) is 14.7. The van der Waals surface area contributed by atoms with Crippen LogP contribution in [0.4, 0.5) is 28.9 Å². The molecule has 1 saturated carbocycles. The van der Waals surface area contributed by atoms with Crippen molar-refractivity contribution >= 4 is 50.5 Å². The number of aliphatic hydroxyl groups excluding tert-OH is 1. The normalized spacial score (nSPS) is 19.2. The molecule has 1 aliphatic heterocycles. The molecule has 1 aliphatic carbocycles. The van der Waals surface area contributed by atoms with Crippen molar-refractivity contribution in [2.45, 2.75) is 32.0 Å². The number of carbonyl (C=O) groups is 2. The van der Waals surface area contributed by atoms with Crippen molar-refractivity contribution in [3.63, 3.8) is 0 Å². The summed E-state index contributed by atoms with van der Waals surface area (Å²) in [7, 11) is 1.40. The lowest BCUT2D eigenvalue weighted by atomic mass is 9.92. The van der Waals surface area contributed by atoms with Crippen molar-refractivity contribution in [2.75, 3.05) is 24.4 Å². The van der Waals surface area contributed by atoms with E-state index in [4.69, 9.17) is 9.57 Å². The van der Waals surface area contributed by atoms with Crippen molar-refractivity contribution in [1.29, 1.82) is 0 Å². The number of nitrogens with one attached hydrogen (secondary N) is 2. The Balaban J connectivity index is 1.32. The maximum Gasteiger partial charge on any atom is 0.419 e. The Kier molecular flexibility index (Phi) is 7.95. The number of fused-ring (bicyclic) bond motifs is 2. The smallest absolute Gasteiger partial charge is 0.419 e. The topological polar surface area (TPSA) is 122 Å². The highest BCUT2D eigenvalue weighted by molar-refractivity contribution is 7.18. The van der Waals surface area contributed by atoms with Crippen LogP contribution in [0.15, 0.2) is 53.7 Å². The minimum Gasteiger partial charge on any atom is -0.496 e. The lowest BCUT2D eigenvalue weighted by Crippen LogP contribution is -2.21. The van der Waals surface area contributed by atoms with Crippen molar-refractivity contribution in [1.82, 2.24) is 4.98 Å². The molecule has 14 heteroatoms. The van der Waals surface area contributed by atoms with E-state index in [1.165, 1.54) is 30.6 Å². The maximum absolute atomic E-state index is 13.8. The molecule has 2 heterocycles. The van der Waals surface area contributed by atoms with E-state index >= 15 is 0 Å². The van der Waals surface area contributed by atoms with Crippen LogP contribution in [0.5, 0.6) is 5.75 Å². The lowest BCUT2D eigenvalue weighted by Gasteiger charge is -2.16. The third-order valence-corrected chi connectivity index (χ3v) is 8.83. The van der Waals surface area contributed by atoms with Crippen LogP contribution in [0.25, 0.3) is 10.2 Å². The van der Waals surface area contributed by atoms with Crippen LogP contribution < -0.4 is 15.4 Å². The molecule has 3 unspecified atom stereocenters. The number of amides is 2. The number of aliphatic hydroxyl groups is 1. The summed E-state index contributed by atoms with van der Waals surface area (Å²) in [5.74, 6) is -2.64. The van der Waals surface area contributed by atoms with Gasteiger partial charge in [-0.05, 0) is 74.2 Å². The number of carbonyl (C=O) groups excluding carboxylic acids is 2. The predicted octanol–water partition coefficient (Wildman–Crippen LogP) is 6.40. The summed E-state index contributed by atoms with van der Waals surface area (Å²) in [5.41, 5.74) is 0.101. The van der Waals surface area contributed by atoms with E-state index in [2.05, 4.69) is 20.8 Å². The van der Waals surface area contributed by atoms with Crippen molar-refractivity contribution < 1.29 is 41.8 Å². The molecule has 0 spiro atoms. The average Bonchev–Trinajstić information content (AvgIpc) is 3.69. The number of hydrogen-bond donors (Lipinski definition) is 3. The molecule has 0 saturated heterocycles. The van der Waals surface area contributed by atoms with Gasteiger partial charge in [-0.3, -0.25) is 9.59 Å². The zero-order valence-electron chi connectivity index (χ0n) is 23.9. The van der Waals surface area contributed by atoms with Gasteiger partial charge in [0.2, 0.25) is 0 Å². The van der Waals surface area contributed by atoms with Crippen LogP contribution in [0.3, 0.4) is 0 Å². The van der Waals surface area contributed by atoms with Gasteiger partial charge < -0.3 is 25.3 Å². The predicted molar refractivity (Wildman–Crippen MR) is 159 cm³/mol. The van der Waals surface area contributed by atoms with Gasteiger partial charge in [0.05, 0.1) is 50.4 Å². The molecule has 45 heavy (non-hydrogen) atoms. The van der Waals surface area contributed by atoms with Crippen LogP contribution in [-0.2, 0) is 11.0 Å². The van der Waals surface area contributed by atoms with E-state index in [0.717, 1.165) is 6.07 Å². The number of halogens is 4. The number of methoxy groups -OCH3 is 1. The Bertz CT molecular complexity index is 1860. The first-order chi connectivity index (χ1) is 21.4. The fourth-order valence-electron chi connectivity index (χ4n) is 5.75. The second kappa shape index (κ2) is 11.7. The Morgan fingerprint density at radius 2 is 1.84 bits per heavy atom. The molecule has 0 bridgehead atoms. The van der Waals surface area contributed by atoms with E-state index in [9.17, 15) is 32.3 Å². The lowest BCUT2D eigenvalue weighted by molar-refractivity contribution is -0.139. The van der Waals surface area contributed by atoms with E-state index < -0.39 is 29.4 Å². The highest BCUT2D eigenvalue weighted by atomic mass is 32.1. The number of benzene rings is 3. The number of alkyl halides is 3. The zero-order valence-corrected chi connectivity index (χ0v) is 24.7. The molecule has 1 fully saturated rings. The second-order valence-corrected chi connectivity index (χ2v) is 12.1. The van der Waals surface area contributed by atoms with Crippen molar-refractivity contribution in [2.24, 2.45) is 17.0 Å². The monoisotopic (exact) mass is 642 g/mol. The average molecular weight is 643 g/mol. The fraction of sp³-hybridized carbons (Fsp3) is 0.290. The third-order valence-electron chi connectivity index (χ3n) is 7.89. The van der Waals surface area contributed by atoms with Gasteiger partial charge in [-0.1, -0.05) is 5.16 Å². The Hall–Kier alpha value is -4.56. The molecule has 9 nitrogen and oxygen atoms in total. The molecule has 3 N–H and O–H groups in total. The summed E-state index contributed by atoms with van der Waals surface area (Å²) in [4.78, 5) is 37.2. The Labute approximate surface area is 257 Å². The van der Waals surface area contributed by atoms with Gasteiger partial charge in [0.1, 0.15) is 17.7 Å². The number of oxime groups is 1. The number of thiazole rings is 1. The van der Waals surface area contributed by atoms with Gasteiger partial charge in [-0.25, -0.2) is 9.37 Å². The Morgan fingerprint density at radius 3 is 2.58 bits per heavy atom. The minimum absolute atomic E-state index is 0.0404. The van der Waals surface area contributed by atoms with Crippen LogP contribution >= 0.6 is 11.3 Å². The highest BCUT2D eigenvalue weighted by Crippen LogP contribution is 2.40. The van der Waals surface area contributed by atoms with Gasteiger partial charge in [-0.15, -0.1) is 11.3 Å². The summed E-state index contributed by atoms with van der Waals surface area (Å²) in [6.07, 6.45) is -3.75. The maximum atomic E-state index is 13.8. The molecule has 2 amide bonds. The molecule has 6 rings (SSSR count). The number of anilines is 2. The van der Waals surface area contributed by atoms with Crippen LogP contribution in [0.2, 0.25) is 0 Å². The molecule has 4 aromatic rings. The van der Waals surface area contributed by atoms with Crippen molar-refractivity contribution in [3.8, 4) is 5.75 Å². The second-order valence-electron chi connectivity index (χ2n) is 10.9. The quantitative estimate of drug-likeness (QED) is 0.201. The summed E-state index contributed by atoms with van der Waals surface area (Å²) in [6, 6.07) is 10.1. The molecule has 2 aliphatic rings. The number of rotatable bonds is 7. The molecule has 0 radical (unpaired) electrons. The largest absolute Gasteiger partial charge is 0.496 e. The number of hydrogen-bond acceptors (Lipinski definition) is 8. The number of nitrogens with zero attached hydrogens (tertiary/aromatic N) is 2. The zero-order chi connectivity index (χ0) is 32.0. The molecule has 1 aromatic heterocycles. The first-order valence-electron chi connectivity index (χ1n) is 13.9. The molecular weight excluding hydrogens is 616 g/mol. The molecule has 3 aromatic carbocycles. The standard InChI is InChI=1S/C31H26F4N4O5S/c1-14-36-24-12-23(18(11-27(24)45-14)29(41)37-17-4-5-22(32)21(10-17)31(33,34)35)38-30(42)20-9-16(3-6-25(20)43-2)28-19-7-15(13-40)8-26(19)44-39-28/h3-6,9-12,15,19,26,40H,7-8,13H2,1-2H3,(H,37,41)(H,38,42). The van der Waals surface area contributed by atoms with Crippen LogP contribution in [0.1, 0.15) is 49.7 Å². The van der Waals surface area contributed by atoms with E-state index in [1.807, 2.05) is 0 Å². The van der Waals surface area contributed by atoms with E-state index in [0.29, 0.717) is 51.5 Å². The van der Waals surface area contributed by atoms with Crippen LogP contribution in [-0.4, -0.2) is 47.4 Å². The number of aromatic nitrogens is 1.